The van der Waals surface area contributed by atoms with Crippen molar-refractivity contribution in [3.63, 3.8) is 0 Å². The number of anilines is 1. The third-order valence-corrected chi connectivity index (χ3v) is 2.98. The van der Waals surface area contributed by atoms with Crippen LogP contribution in [0.5, 0.6) is 0 Å². The Kier molecular flexibility index (Phi) is 5.23. The summed E-state index contributed by atoms with van der Waals surface area (Å²) in [4.78, 5) is 32.6. The minimum atomic E-state index is -1.00. The van der Waals surface area contributed by atoms with Gasteiger partial charge in [0.1, 0.15) is 0 Å². The van der Waals surface area contributed by atoms with Crippen molar-refractivity contribution < 1.29 is 19.6 Å². The fraction of sp³-hybridized carbons (Fsp3) is 0.385. The van der Waals surface area contributed by atoms with E-state index in [4.69, 9.17) is 5.11 Å². The molecule has 0 aliphatic carbocycles. The third-order valence-electron chi connectivity index (χ3n) is 2.98. The number of urea groups is 1. The van der Waals surface area contributed by atoms with Crippen LogP contribution in [-0.4, -0.2) is 28.6 Å². The van der Waals surface area contributed by atoms with Gasteiger partial charge in [-0.15, -0.1) is 0 Å². The highest BCUT2D eigenvalue weighted by Crippen LogP contribution is 2.25. The number of hydrogen-bond donors (Lipinski definition) is 3. The van der Waals surface area contributed by atoms with Gasteiger partial charge in [0.05, 0.1) is 10.8 Å². The Morgan fingerprint density at radius 2 is 1.95 bits per heavy atom. The van der Waals surface area contributed by atoms with Crippen molar-refractivity contribution in [2.24, 2.45) is 5.92 Å². The normalized spacial score (nSPS) is 11.6. The number of aliphatic carboxylic acids is 1. The molecule has 0 aliphatic rings. The van der Waals surface area contributed by atoms with Gasteiger partial charge < -0.3 is 15.7 Å². The summed E-state index contributed by atoms with van der Waals surface area (Å²) in [7, 11) is 0. The number of carbonyl (C=O) groups excluding carboxylic acids is 1. The van der Waals surface area contributed by atoms with Gasteiger partial charge in [-0.3, -0.25) is 14.9 Å². The molecule has 114 valence electrons. The SMILES string of the molecule is Cc1cc([N+](=O)[O-])c(C)cc1NC(=O)NCC(C)C(=O)O. The lowest BCUT2D eigenvalue weighted by Crippen LogP contribution is -2.34. The van der Waals surface area contributed by atoms with Gasteiger partial charge in [0.15, 0.2) is 0 Å². The van der Waals surface area contributed by atoms with Gasteiger partial charge in [0.25, 0.3) is 5.69 Å². The Hall–Kier alpha value is -2.64. The summed E-state index contributed by atoms with van der Waals surface area (Å²) < 4.78 is 0. The molecule has 0 radical (unpaired) electrons. The van der Waals surface area contributed by atoms with Crippen LogP contribution in [-0.2, 0) is 4.79 Å². The van der Waals surface area contributed by atoms with Crippen LogP contribution in [0.4, 0.5) is 16.2 Å². The van der Waals surface area contributed by atoms with Gasteiger partial charge in [0, 0.05) is 23.9 Å². The van der Waals surface area contributed by atoms with E-state index in [1.165, 1.54) is 19.1 Å². The maximum absolute atomic E-state index is 11.7. The zero-order valence-electron chi connectivity index (χ0n) is 12.0. The van der Waals surface area contributed by atoms with Crippen molar-refractivity contribution in [1.82, 2.24) is 5.32 Å². The molecule has 1 atom stereocenters. The highest BCUT2D eigenvalue weighted by atomic mass is 16.6. The van der Waals surface area contributed by atoms with E-state index >= 15 is 0 Å². The number of nitro groups is 1. The highest BCUT2D eigenvalue weighted by Gasteiger charge is 2.16. The molecule has 1 rings (SSSR count). The van der Waals surface area contributed by atoms with E-state index in [1.807, 2.05) is 0 Å². The van der Waals surface area contributed by atoms with Gasteiger partial charge in [0.2, 0.25) is 0 Å². The molecule has 0 aliphatic heterocycles. The molecule has 0 aromatic heterocycles. The molecule has 3 N–H and O–H groups in total. The lowest BCUT2D eigenvalue weighted by molar-refractivity contribution is -0.385. The third kappa shape index (κ3) is 4.44. The van der Waals surface area contributed by atoms with Crippen molar-refractivity contribution in [3.8, 4) is 0 Å². The van der Waals surface area contributed by atoms with Crippen molar-refractivity contribution >= 4 is 23.4 Å². The number of nitrogens with zero attached hydrogens (tertiary/aromatic N) is 1. The number of aryl methyl sites for hydroxylation is 2. The van der Waals surface area contributed by atoms with E-state index in [2.05, 4.69) is 10.6 Å². The van der Waals surface area contributed by atoms with Crippen molar-refractivity contribution in [2.75, 3.05) is 11.9 Å². The van der Waals surface area contributed by atoms with Gasteiger partial charge in [-0.25, -0.2) is 4.79 Å². The quantitative estimate of drug-likeness (QED) is 0.567. The molecule has 0 saturated heterocycles. The fourth-order valence-electron chi connectivity index (χ4n) is 1.63. The maximum Gasteiger partial charge on any atom is 0.319 e. The second-order valence-electron chi connectivity index (χ2n) is 4.79. The zero-order chi connectivity index (χ0) is 16.2. The highest BCUT2D eigenvalue weighted by molar-refractivity contribution is 5.90. The second-order valence-corrected chi connectivity index (χ2v) is 4.79. The minimum Gasteiger partial charge on any atom is -0.481 e. The van der Waals surface area contributed by atoms with Crippen LogP contribution in [0.1, 0.15) is 18.1 Å². The number of carbonyl (C=O) groups is 2. The molecule has 1 aromatic rings. The molecule has 0 bridgehead atoms. The Morgan fingerprint density at radius 3 is 2.48 bits per heavy atom. The number of nitro benzene ring substituents is 1. The average molecular weight is 295 g/mol. The Bertz CT molecular complexity index is 585. The van der Waals surface area contributed by atoms with Crippen LogP contribution in [0.3, 0.4) is 0 Å². The smallest absolute Gasteiger partial charge is 0.319 e. The van der Waals surface area contributed by atoms with Crippen LogP contribution < -0.4 is 10.6 Å². The topological polar surface area (TPSA) is 122 Å². The van der Waals surface area contributed by atoms with Crippen LogP contribution in [0.15, 0.2) is 12.1 Å². The van der Waals surface area contributed by atoms with E-state index in [9.17, 15) is 19.7 Å². The molecule has 1 unspecified atom stereocenters. The Labute approximate surface area is 121 Å². The summed E-state index contributed by atoms with van der Waals surface area (Å²) in [6, 6.07) is 2.33. The number of nitrogens with one attached hydrogen (secondary N) is 2. The molecular formula is C13H17N3O5. The lowest BCUT2D eigenvalue weighted by Gasteiger charge is -2.12. The predicted octanol–water partition coefficient (Wildman–Crippen LogP) is 2.05. The number of carboxylic acid groups (broad SMARTS) is 1. The number of rotatable bonds is 5. The summed E-state index contributed by atoms with van der Waals surface area (Å²) in [5, 5.41) is 24.5. The predicted molar refractivity (Wildman–Crippen MR) is 76.4 cm³/mol. The minimum absolute atomic E-state index is 0.00776. The summed E-state index contributed by atoms with van der Waals surface area (Å²) in [6.07, 6.45) is 0. The first kappa shape index (κ1) is 16.4. The number of carboxylic acids is 1. The standard InChI is InChI=1S/C13H17N3O5/c1-7-5-11(16(20)21)8(2)4-10(7)15-13(19)14-6-9(3)12(17)18/h4-5,9H,6H2,1-3H3,(H,17,18)(H2,14,15,19). The lowest BCUT2D eigenvalue weighted by atomic mass is 10.1. The zero-order valence-corrected chi connectivity index (χ0v) is 12.0. The van der Waals surface area contributed by atoms with Gasteiger partial charge >= 0.3 is 12.0 Å². The summed E-state index contributed by atoms with van der Waals surface area (Å²) in [5.41, 5.74) is 1.41. The van der Waals surface area contributed by atoms with Crippen molar-refractivity contribution in [3.05, 3.63) is 33.4 Å². The second kappa shape index (κ2) is 6.69. The van der Waals surface area contributed by atoms with Crippen LogP contribution >= 0.6 is 0 Å². The molecule has 0 fully saturated rings. The first-order valence-electron chi connectivity index (χ1n) is 6.25. The summed E-state index contributed by atoms with van der Waals surface area (Å²) in [5.74, 6) is -1.70. The maximum atomic E-state index is 11.7. The molecule has 8 heteroatoms. The average Bonchev–Trinajstić information content (AvgIpc) is 2.39. The van der Waals surface area contributed by atoms with Gasteiger partial charge in [-0.05, 0) is 25.5 Å². The molecular weight excluding hydrogens is 278 g/mol. The molecule has 21 heavy (non-hydrogen) atoms. The fourth-order valence-corrected chi connectivity index (χ4v) is 1.63. The number of amides is 2. The largest absolute Gasteiger partial charge is 0.481 e. The number of hydrogen-bond acceptors (Lipinski definition) is 4. The first-order chi connectivity index (χ1) is 9.72. The van der Waals surface area contributed by atoms with E-state index in [-0.39, 0.29) is 12.2 Å². The van der Waals surface area contributed by atoms with E-state index in [0.29, 0.717) is 16.8 Å². The monoisotopic (exact) mass is 295 g/mol. The Morgan fingerprint density at radius 1 is 1.33 bits per heavy atom. The van der Waals surface area contributed by atoms with Crippen LogP contribution in [0.2, 0.25) is 0 Å². The summed E-state index contributed by atoms with van der Waals surface area (Å²) >= 11 is 0. The first-order valence-corrected chi connectivity index (χ1v) is 6.25. The number of benzene rings is 1. The van der Waals surface area contributed by atoms with Gasteiger partial charge in [-0.2, -0.15) is 0 Å². The van der Waals surface area contributed by atoms with E-state index < -0.39 is 22.8 Å². The van der Waals surface area contributed by atoms with Crippen molar-refractivity contribution in [1.29, 1.82) is 0 Å². The molecule has 2 amide bonds. The van der Waals surface area contributed by atoms with E-state index in [0.717, 1.165) is 0 Å². The summed E-state index contributed by atoms with van der Waals surface area (Å²) in [6.45, 7) is 4.69. The molecule has 0 heterocycles. The molecule has 8 nitrogen and oxygen atoms in total. The molecule has 0 saturated carbocycles. The van der Waals surface area contributed by atoms with E-state index in [1.54, 1.807) is 13.8 Å². The van der Waals surface area contributed by atoms with Crippen molar-refractivity contribution in [2.45, 2.75) is 20.8 Å². The Balaban J connectivity index is 2.75. The van der Waals surface area contributed by atoms with Crippen LogP contribution in [0.25, 0.3) is 0 Å². The molecule has 0 spiro atoms. The van der Waals surface area contributed by atoms with Crippen LogP contribution in [0, 0.1) is 29.9 Å². The molecule has 1 aromatic carbocycles. The van der Waals surface area contributed by atoms with Gasteiger partial charge in [-0.1, -0.05) is 6.92 Å².